The van der Waals surface area contributed by atoms with E-state index in [0.717, 1.165) is 12.0 Å². The van der Waals surface area contributed by atoms with E-state index in [1.165, 1.54) is 0 Å². The fourth-order valence-corrected chi connectivity index (χ4v) is 4.32. The van der Waals surface area contributed by atoms with Gasteiger partial charge in [0.25, 0.3) is 0 Å². The second kappa shape index (κ2) is 6.39. The first-order valence-electron chi connectivity index (χ1n) is 7.05. The van der Waals surface area contributed by atoms with Crippen LogP contribution in [0.2, 0.25) is 0 Å². The summed E-state index contributed by atoms with van der Waals surface area (Å²) in [5, 5.41) is 0. The molecule has 1 amide bonds. The van der Waals surface area contributed by atoms with Gasteiger partial charge in [-0.15, -0.1) is 0 Å². The van der Waals surface area contributed by atoms with Gasteiger partial charge in [0.15, 0.2) is 9.84 Å². The summed E-state index contributed by atoms with van der Waals surface area (Å²) in [6.07, 6.45) is 1.34. The lowest BCUT2D eigenvalue weighted by Crippen LogP contribution is -2.36. The Morgan fingerprint density at radius 1 is 1.30 bits per heavy atom. The summed E-state index contributed by atoms with van der Waals surface area (Å²) < 4.78 is 23.0. The van der Waals surface area contributed by atoms with Crippen molar-refractivity contribution in [3.63, 3.8) is 0 Å². The molecule has 1 atom stereocenters. The zero-order chi connectivity index (χ0) is 14.6. The van der Waals surface area contributed by atoms with Crippen LogP contribution in [-0.4, -0.2) is 37.3 Å². The normalized spacial score (nSPS) is 20.8. The standard InChI is InChI=1S/C15H21NO3S/c1-2-9-16(11-13-6-4-3-5-7-13)15(17)14-8-10-20(18,19)12-14/h3-7,14H,2,8-12H2,1H3. The van der Waals surface area contributed by atoms with Crippen LogP contribution in [0, 0.1) is 5.92 Å². The molecule has 0 aromatic heterocycles. The molecule has 1 aliphatic rings. The summed E-state index contributed by atoms with van der Waals surface area (Å²) in [5.41, 5.74) is 1.08. The molecule has 0 N–H and O–H groups in total. The predicted octanol–water partition coefficient (Wildman–Crippen LogP) is 1.86. The van der Waals surface area contributed by atoms with Gasteiger partial charge in [0.1, 0.15) is 0 Å². The minimum absolute atomic E-state index is 0.0147. The predicted molar refractivity (Wildman–Crippen MR) is 78.9 cm³/mol. The SMILES string of the molecule is CCCN(Cc1ccccc1)C(=O)C1CCS(=O)(=O)C1. The van der Waals surface area contributed by atoms with Gasteiger partial charge in [-0.05, 0) is 18.4 Å². The Morgan fingerprint density at radius 2 is 2.00 bits per heavy atom. The fourth-order valence-electron chi connectivity index (χ4n) is 2.59. The maximum Gasteiger partial charge on any atom is 0.227 e. The van der Waals surface area contributed by atoms with Crippen molar-refractivity contribution in [3.8, 4) is 0 Å². The molecule has 5 heteroatoms. The van der Waals surface area contributed by atoms with Gasteiger partial charge in [-0.1, -0.05) is 37.3 Å². The van der Waals surface area contributed by atoms with Crippen molar-refractivity contribution < 1.29 is 13.2 Å². The first-order chi connectivity index (χ1) is 9.52. The quantitative estimate of drug-likeness (QED) is 0.833. The van der Waals surface area contributed by atoms with E-state index in [0.29, 0.717) is 19.5 Å². The third kappa shape index (κ3) is 3.82. The highest BCUT2D eigenvalue weighted by molar-refractivity contribution is 7.91. The molecule has 4 nitrogen and oxygen atoms in total. The highest BCUT2D eigenvalue weighted by Gasteiger charge is 2.35. The molecule has 1 heterocycles. The number of rotatable bonds is 5. The summed E-state index contributed by atoms with van der Waals surface area (Å²) in [7, 11) is -3.01. The van der Waals surface area contributed by atoms with E-state index < -0.39 is 9.84 Å². The summed E-state index contributed by atoms with van der Waals surface area (Å²) in [4.78, 5) is 14.3. The molecule has 1 aliphatic heterocycles. The molecule has 1 saturated heterocycles. The van der Waals surface area contributed by atoms with E-state index in [4.69, 9.17) is 0 Å². The zero-order valence-electron chi connectivity index (χ0n) is 11.8. The smallest absolute Gasteiger partial charge is 0.227 e. The number of benzene rings is 1. The molecular weight excluding hydrogens is 274 g/mol. The Kier molecular flexibility index (Phi) is 4.81. The molecule has 1 fully saturated rings. The summed E-state index contributed by atoms with van der Waals surface area (Å²) in [5.74, 6) is -0.206. The Hall–Kier alpha value is -1.36. The summed E-state index contributed by atoms with van der Waals surface area (Å²) >= 11 is 0. The Morgan fingerprint density at radius 3 is 2.55 bits per heavy atom. The van der Waals surface area contributed by atoms with Gasteiger partial charge in [-0.25, -0.2) is 8.42 Å². The van der Waals surface area contributed by atoms with Crippen molar-refractivity contribution in [1.82, 2.24) is 4.90 Å². The van der Waals surface area contributed by atoms with Crippen LogP contribution < -0.4 is 0 Å². The van der Waals surface area contributed by atoms with Gasteiger partial charge < -0.3 is 4.90 Å². The number of hydrogen-bond donors (Lipinski definition) is 0. The number of hydrogen-bond acceptors (Lipinski definition) is 3. The lowest BCUT2D eigenvalue weighted by atomic mass is 10.1. The number of carbonyl (C=O) groups excluding carboxylic acids is 1. The highest BCUT2D eigenvalue weighted by Crippen LogP contribution is 2.21. The van der Waals surface area contributed by atoms with Crippen LogP contribution in [0.4, 0.5) is 0 Å². The fraction of sp³-hybridized carbons (Fsp3) is 0.533. The van der Waals surface area contributed by atoms with Crippen LogP contribution in [0.25, 0.3) is 0 Å². The average Bonchev–Trinajstić information content (AvgIpc) is 2.79. The Balaban J connectivity index is 2.06. The largest absolute Gasteiger partial charge is 0.338 e. The van der Waals surface area contributed by atoms with Crippen molar-refractivity contribution in [2.75, 3.05) is 18.1 Å². The highest BCUT2D eigenvalue weighted by atomic mass is 32.2. The third-order valence-electron chi connectivity index (χ3n) is 3.60. The monoisotopic (exact) mass is 295 g/mol. The van der Waals surface area contributed by atoms with Crippen molar-refractivity contribution in [2.24, 2.45) is 5.92 Å². The molecule has 2 rings (SSSR count). The topological polar surface area (TPSA) is 54.5 Å². The minimum Gasteiger partial charge on any atom is -0.338 e. The average molecular weight is 295 g/mol. The molecule has 1 aromatic carbocycles. The second-order valence-corrected chi connectivity index (χ2v) is 7.57. The van der Waals surface area contributed by atoms with Gasteiger partial charge in [-0.2, -0.15) is 0 Å². The van der Waals surface area contributed by atoms with Gasteiger partial charge in [0.05, 0.1) is 17.4 Å². The van der Waals surface area contributed by atoms with Gasteiger partial charge in [0.2, 0.25) is 5.91 Å². The first-order valence-corrected chi connectivity index (χ1v) is 8.87. The van der Waals surface area contributed by atoms with Crippen molar-refractivity contribution >= 4 is 15.7 Å². The van der Waals surface area contributed by atoms with Crippen LogP contribution in [0.15, 0.2) is 30.3 Å². The van der Waals surface area contributed by atoms with E-state index in [1.54, 1.807) is 4.90 Å². The molecule has 110 valence electrons. The molecule has 0 saturated carbocycles. The molecule has 20 heavy (non-hydrogen) atoms. The number of sulfone groups is 1. The van der Waals surface area contributed by atoms with Crippen LogP contribution in [0.3, 0.4) is 0 Å². The Labute approximate surface area is 120 Å². The maximum absolute atomic E-state index is 12.5. The molecule has 1 aromatic rings. The van der Waals surface area contributed by atoms with Gasteiger partial charge >= 0.3 is 0 Å². The first kappa shape index (κ1) is 15.0. The number of nitrogens with zero attached hydrogens (tertiary/aromatic N) is 1. The van der Waals surface area contributed by atoms with Crippen molar-refractivity contribution in [2.45, 2.75) is 26.3 Å². The number of amides is 1. The van der Waals surface area contributed by atoms with Crippen molar-refractivity contribution in [1.29, 1.82) is 0 Å². The molecule has 0 radical (unpaired) electrons. The summed E-state index contributed by atoms with van der Waals surface area (Å²) in [6.45, 7) is 3.25. The zero-order valence-corrected chi connectivity index (χ0v) is 12.6. The van der Waals surface area contributed by atoms with Gasteiger partial charge in [0, 0.05) is 13.1 Å². The van der Waals surface area contributed by atoms with E-state index >= 15 is 0 Å². The van der Waals surface area contributed by atoms with E-state index in [9.17, 15) is 13.2 Å². The lowest BCUT2D eigenvalue weighted by Gasteiger charge is -2.25. The molecule has 0 aliphatic carbocycles. The lowest BCUT2D eigenvalue weighted by molar-refractivity contribution is -0.135. The van der Waals surface area contributed by atoms with Crippen LogP contribution in [0.1, 0.15) is 25.3 Å². The third-order valence-corrected chi connectivity index (χ3v) is 5.37. The molecular formula is C15H21NO3S. The minimum atomic E-state index is -3.01. The van der Waals surface area contributed by atoms with E-state index in [-0.39, 0.29) is 23.3 Å². The Bertz CT molecular complexity index is 554. The van der Waals surface area contributed by atoms with Crippen molar-refractivity contribution in [3.05, 3.63) is 35.9 Å². The second-order valence-electron chi connectivity index (χ2n) is 5.35. The summed E-state index contributed by atoms with van der Waals surface area (Å²) in [6, 6.07) is 9.82. The molecule has 0 bridgehead atoms. The van der Waals surface area contributed by atoms with E-state index in [1.807, 2.05) is 37.3 Å². The van der Waals surface area contributed by atoms with Crippen LogP contribution in [-0.2, 0) is 21.2 Å². The van der Waals surface area contributed by atoms with Crippen LogP contribution in [0.5, 0.6) is 0 Å². The van der Waals surface area contributed by atoms with E-state index in [2.05, 4.69) is 0 Å². The van der Waals surface area contributed by atoms with Gasteiger partial charge in [-0.3, -0.25) is 4.79 Å². The van der Waals surface area contributed by atoms with Crippen LogP contribution >= 0.6 is 0 Å². The molecule has 0 spiro atoms. The number of carbonyl (C=O) groups is 1. The molecule has 1 unspecified atom stereocenters. The maximum atomic E-state index is 12.5.